The van der Waals surface area contributed by atoms with Crippen LogP contribution in [0.4, 0.5) is 11.4 Å². The summed E-state index contributed by atoms with van der Waals surface area (Å²) in [6.07, 6.45) is 2.35. The number of anilines is 1. The first-order chi connectivity index (χ1) is 13.7. The number of hydrogen-bond donors (Lipinski definition) is 1. The lowest BCUT2D eigenvalue weighted by Gasteiger charge is -2.15. The quantitative estimate of drug-likeness (QED) is 0.785. The van der Waals surface area contributed by atoms with Gasteiger partial charge in [0.15, 0.2) is 5.17 Å². The largest absolute Gasteiger partial charge is 0.325 e. The van der Waals surface area contributed by atoms with Crippen molar-refractivity contribution in [3.8, 4) is 0 Å². The molecule has 0 bridgehead atoms. The highest BCUT2D eigenvalue weighted by atomic mass is 32.2. The van der Waals surface area contributed by atoms with Gasteiger partial charge < -0.3 is 5.32 Å². The van der Waals surface area contributed by atoms with Crippen LogP contribution in [0.15, 0.2) is 46.8 Å². The molecule has 6 nitrogen and oxygen atoms in total. The van der Waals surface area contributed by atoms with Gasteiger partial charge in [0, 0.05) is 10.6 Å². The molecule has 28 heavy (non-hydrogen) atoms. The second-order valence-corrected chi connectivity index (χ2v) is 8.80. The summed E-state index contributed by atoms with van der Waals surface area (Å²) in [5.41, 5.74) is 1.53. The zero-order chi connectivity index (χ0) is 19.3. The molecule has 3 heterocycles. The van der Waals surface area contributed by atoms with Crippen molar-refractivity contribution in [1.29, 1.82) is 0 Å². The number of benzene rings is 1. The van der Waals surface area contributed by atoms with Crippen LogP contribution in [0.3, 0.4) is 0 Å². The molecule has 0 atom stereocenters. The zero-order valence-electron chi connectivity index (χ0n) is 15.5. The average molecular weight is 415 g/mol. The summed E-state index contributed by atoms with van der Waals surface area (Å²) in [4.78, 5) is 34.0. The number of carbonyl (C=O) groups is 2. The molecule has 2 aliphatic rings. The Morgan fingerprint density at radius 1 is 1.14 bits per heavy atom. The van der Waals surface area contributed by atoms with Crippen molar-refractivity contribution >= 4 is 51.5 Å². The first-order valence-electron chi connectivity index (χ1n) is 9.34. The molecule has 0 saturated carbocycles. The van der Waals surface area contributed by atoms with Gasteiger partial charge in [-0.25, -0.2) is 4.99 Å². The second-order valence-electron chi connectivity index (χ2n) is 6.82. The van der Waals surface area contributed by atoms with Crippen LogP contribution >= 0.6 is 23.1 Å². The fourth-order valence-corrected chi connectivity index (χ4v) is 4.86. The lowest BCUT2D eigenvalue weighted by molar-refractivity contribution is -0.124. The van der Waals surface area contributed by atoms with Crippen molar-refractivity contribution in [2.75, 3.05) is 30.7 Å². The van der Waals surface area contributed by atoms with Crippen LogP contribution in [0.25, 0.3) is 0 Å². The highest BCUT2D eigenvalue weighted by Gasteiger charge is 2.28. The van der Waals surface area contributed by atoms with Crippen molar-refractivity contribution in [1.82, 2.24) is 9.80 Å². The van der Waals surface area contributed by atoms with Crippen molar-refractivity contribution in [2.45, 2.75) is 19.4 Å². The normalized spacial score (nSPS) is 18.9. The number of thiophene rings is 1. The van der Waals surface area contributed by atoms with Crippen LogP contribution < -0.4 is 5.32 Å². The number of amidine groups is 1. The Bertz CT molecular complexity index is 859. The minimum Gasteiger partial charge on any atom is -0.325 e. The van der Waals surface area contributed by atoms with E-state index in [1.807, 2.05) is 41.8 Å². The van der Waals surface area contributed by atoms with Crippen LogP contribution in [0.5, 0.6) is 0 Å². The Balaban J connectivity index is 1.38. The third-order valence-electron chi connectivity index (χ3n) is 4.69. The van der Waals surface area contributed by atoms with E-state index < -0.39 is 0 Å². The number of rotatable bonds is 6. The van der Waals surface area contributed by atoms with Crippen LogP contribution in [0, 0.1) is 0 Å². The summed E-state index contributed by atoms with van der Waals surface area (Å²) in [6, 6.07) is 11.5. The van der Waals surface area contributed by atoms with E-state index in [0.717, 1.165) is 34.5 Å². The summed E-state index contributed by atoms with van der Waals surface area (Å²) in [5, 5.41) is 5.67. The number of aliphatic imine (C=N–C) groups is 1. The fraction of sp³-hybridized carbons (Fsp3) is 0.350. The van der Waals surface area contributed by atoms with Gasteiger partial charge in [0.05, 0.1) is 24.5 Å². The van der Waals surface area contributed by atoms with Crippen molar-refractivity contribution < 1.29 is 9.59 Å². The highest BCUT2D eigenvalue weighted by Crippen LogP contribution is 2.27. The molecule has 146 valence electrons. The molecular formula is C20H22N4O2S2. The van der Waals surface area contributed by atoms with E-state index in [4.69, 9.17) is 0 Å². The molecule has 2 aromatic rings. The van der Waals surface area contributed by atoms with Crippen LogP contribution in [-0.2, 0) is 16.1 Å². The SMILES string of the molecule is O=C(CN1CCCC1)Nc1ccc(N=C2SCC(=O)N2Cc2cccs2)cc1. The van der Waals surface area contributed by atoms with E-state index in [-0.39, 0.29) is 11.8 Å². The van der Waals surface area contributed by atoms with Gasteiger partial charge in [0.2, 0.25) is 11.8 Å². The number of likely N-dealkylation sites (tertiary alicyclic amines) is 1. The van der Waals surface area contributed by atoms with E-state index in [9.17, 15) is 9.59 Å². The summed E-state index contributed by atoms with van der Waals surface area (Å²) in [7, 11) is 0. The number of amides is 2. The molecule has 0 radical (unpaired) electrons. The number of carbonyl (C=O) groups excluding carboxylic acids is 2. The molecule has 8 heteroatoms. The summed E-state index contributed by atoms with van der Waals surface area (Å²) >= 11 is 3.10. The minimum atomic E-state index is 0.0139. The fourth-order valence-electron chi connectivity index (χ4n) is 3.27. The Hall–Kier alpha value is -2.16. The van der Waals surface area contributed by atoms with Crippen molar-refractivity contribution in [2.24, 2.45) is 4.99 Å². The lowest BCUT2D eigenvalue weighted by atomic mass is 10.3. The number of hydrogen-bond acceptors (Lipinski definition) is 6. The second kappa shape index (κ2) is 8.89. The molecule has 1 aromatic heterocycles. The molecule has 4 rings (SSSR count). The van der Waals surface area contributed by atoms with Gasteiger partial charge in [0.25, 0.3) is 0 Å². The van der Waals surface area contributed by atoms with Gasteiger partial charge >= 0.3 is 0 Å². The Kier molecular flexibility index (Phi) is 6.09. The maximum absolute atomic E-state index is 12.2. The van der Waals surface area contributed by atoms with E-state index in [2.05, 4.69) is 15.2 Å². The monoisotopic (exact) mass is 414 g/mol. The predicted octanol–water partition coefficient (Wildman–Crippen LogP) is 3.55. The van der Waals surface area contributed by atoms with Crippen molar-refractivity contribution in [3.05, 3.63) is 46.7 Å². The Morgan fingerprint density at radius 3 is 2.64 bits per heavy atom. The van der Waals surface area contributed by atoms with E-state index in [1.54, 1.807) is 16.2 Å². The molecule has 0 spiro atoms. The first kappa shape index (κ1) is 19.2. The molecule has 0 unspecified atom stereocenters. The molecule has 1 aromatic carbocycles. The van der Waals surface area contributed by atoms with E-state index >= 15 is 0 Å². The van der Waals surface area contributed by atoms with E-state index in [1.165, 1.54) is 24.6 Å². The molecule has 2 saturated heterocycles. The molecule has 2 aliphatic heterocycles. The Morgan fingerprint density at radius 2 is 1.93 bits per heavy atom. The molecule has 1 N–H and O–H groups in total. The predicted molar refractivity (Wildman–Crippen MR) is 115 cm³/mol. The molecule has 2 fully saturated rings. The summed E-state index contributed by atoms with van der Waals surface area (Å²) in [5.74, 6) is 0.525. The standard InChI is InChI=1S/C20H22N4O2S2/c25-18(13-23-9-1-2-10-23)21-15-5-7-16(8-6-15)22-20-24(19(26)14-28-20)12-17-4-3-11-27-17/h3-8,11H,1-2,9-10,12-14H2,(H,21,25). The highest BCUT2D eigenvalue weighted by molar-refractivity contribution is 8.15. The Labute approximate surface area is 172 Å². The number of thioether (sulfide) groups is 1. The van der Waals surface area contributed by atoms with Gasteiger partial charge in [-0.15, -0.1) is 11.3 Å². The minimum absolute atomic E-state index is 0.0139. The summed E-state index contributed by atoms with van der Waals surface area (Å²) in [6.45, 7) is 3.01. The maximum Gasteiger partial charge on any atom is 0.239 e. The number of nitrogens with zero attached hydrogens (tertiary/aromatic N) is 3. The molecule has 0 aliphatic carbocycles. The summed E-state index contributed by atoms with van der Waals surface area (Å²) < 4.78 is 0. The van der Waals surface area contributed by atoms with Crippen LogP contribution in [0.1, 0.15) is 17.7 Å². The van der Waals surface area contributed by atoms with Gasteiger partial charge in [-0.1, -0.05) is 17.8 Å². The first-order valence-corrected chi connectivity index (χ1v) is 11.2. The van der Waals surface area contributed by atoms with Gasteiger partial charge in [0.1, 0.15) is 0 Å². The topological polar surface area (TPSA) is 65.0 Å². The molecular weight excluding hydrogens is 392 g/mol. The third kappa shape index (κ3) is 4.81. The van der Waals surface area contributed by atoms with Gasteiger partial charge in [-0.3, -0.25) is 19.4 Å². The lowest BCUT2D eigenvalue weighted by Crippen LogP contribution is -2.30. The van der Waals surface area contributed by atoms with Crippen LogP contribution in [0.2, 0.25) is 0 Å². The third-order valence-corrected chi connectivity index (χ3v) is 6.51. The number of nitrogens with one attached hydrogen (secondary N) is 1. The van der Waals surface area contributed by atoms with Gasteiger partial charge in [-0.2, -0.15) is 0 Å². The zero-order valence-corrected chi connectivity index (χ0v) is 17.1. The van der Waals surface area contributed by atoms with Crippen LogP contribution in [-0.4, -0.2) is 52.2 Å². The van der Waals surface area contributed by atoms with Gasteiger partial charge in [-0.05, 0) is 61.6 Å². The smallest absolute Gasteiger partial charge is 0.239 e. The molecule has 2 amide bonds. The van der Waals surface area contributed by atoms with Crippen molar-refractivity contribution in [3.63, 3.8) is 0 Å². The van der Waals surface area contributed by atoms with E-state index in [0.29, 0.717) is 18.8 Å². The average Bonchev–Trinajstić information content (AvgIpc) is 3.43. The maximum atomic E-state index is 12.2.